The maximum absolute atomic E-state index is 12.8. The first-order valence-electron chi connectivity index (χ1n) is 7.86. The van der Waals surface area contributed by atoms with Crippen LogP contribution < -0.4 is 4.90 Å². The van der Waals surface area contributed by atoms with Crippen LogP contribution in [0.1, 0.15) is 19.3 Å². The highest BCUT2D eigenvalue weighted by Crippen LogP contribution is 2.28. The second kappa shape index (κ2) is 6.42. The van der Waals surface area contributed by atoms with Gasteiger partial charge in [0.2, 0.25) is 5.91 Å². The summed E-state index contributed by atoms with van der Waals surface area (Å²) in [5.41, 5.74) is 0.807. The molecule has 0 radical (unpaired) electrons. The van der Waals surface area contributed by atoms with Gasteiger partial charge in [-0.25, -0.2) is 8.42 Å². The zero-order valence-electron chi connectivity index (χ0n) is 13.1. The Labute approximate surface area is 142 Å². The van der Waals surface area contributed by atoms with Crippen molar-refractivity contribution >= 4 is 33.0 Å². The molecule has 2 aliphatic rings. The number of carbonyl (C=O) groups excluding carboxylic acids is 1. The number of nitrogens with zero attached hydrogens (tertiary/aromatic N) is 2. The molecule has 2 heterocycles. The molecule has 1 aromatic carbocycles. The summed E-state index contributed by atoms with van der Waals surface area (Å²) in [4.78, 5) is 16.6. The highest BCUT2D eigenvalue weighted by molar-refractivity contribution is 7.91. The third kappa shape index (κ3) is 3.54. The van der Waals surface area contributed by atoms with E-state index >= 15 is 0 Å². The predicted molar refractivity (Wildman–Crippen MR) is 91.6 cm³/mol. The molecule has 23 heavy (non-hydrogen) atoms. The second-order valence-corrected chi connectivity index (χ2v) is 9.13. The number of anilines is 1. The Hall–Kier alpha value is -1.11. The number of hydrogen-bond acceptors (Lipinski definition) is 4. The van der Waals surface area contributed by atoms with Gasteiger partial charge >= 0.3 is 0 Å². The van der Waals surface area contributed by atoms with Gasteiger partial charge in [0.25, 0.3) is 0 Å². The lowest BCUT2D eigenvalue weighted by atomic mass is 10.1. The van der Waals surface area contributed by atoms with Gasteiger partial charge in [-0.1, -0.05) is 17.7 Å². The van der Waals surface area contributed by atoms with Crippen LogP contribution in [-0.4, -0.2) is 56.4 Å². The molecule has 126 valence electrons. The number of halogens is 1. The van der Waals surface area contributed by atoms with Crippen molar-refractivity contribution in [2.45, 2.75) is 30.6 Å². The number of sulfone groups is 1. The van der Waals surface area contributed by atoms with E-state index in [9.17, 15) is 13.2 Å². The fourth-order valence-electron chi connectivity index (χ4n) is 3.50. The highest BCUT2D eigenvalue weighted by atomic mass is 35.5. The molecule has 2 atom stereocenters. The Morgan fingerprint density at radius 1 is 1.22 bits per heavy atom. The van der Waals surface area contributed by atoms with Crippen LogP contribution in [0.2, 0.25) is 5.02 Å². The van der Waals surface area contributed by atoms with Crippen molar-refractivity contribution in [3.05, 3.63) is 29.3 Å². The maximum atomic E-state index is 12.8. The van der Waals surface area contributed by atoms with Crippen LogP contribution in [0.3, 0.4) is 0 Å². The standard InChI is InChI=1S/C16H21ClN2O3S/c1-23(21,22)14-6-3-8-18(11-14)15-7-9-19(16(15)20)13-5-2-4-12(17)10-13/h2,4-5,10,14-15H,3,6-9,11H2,1H3. The molecule has 2 fully saturated rings. The number of benzene rings is 1. The summed E-state index contributed by atoms with van der Waals surface area (Å²) in [7, 11) is -3.06. The van der Waals surface area contributed by atoms with E-state index in [1.54, 1.807) is 17.0 Å². The zero-order valence-corrected chi connectivity index (χ0v) is 14.7. The molecule has 2 aliphatic heterocycles. The van der Waals surface area contributed by atoms with Gasteiger partial charge in [0.05, 0.1) is 11.3 Å². The minimum Gasteiger partial charge on any atom is -0.311 e. The van der Waals surface area contributed by atoms with E-state index in [0.717, 1.165) is 25.1 Å². The van der Waals surface area contributed by atoms with Gasteiger partial charge < -0.3 is 4.90 Å². The van der Waals surface area contributed by atoms with Crippen LogP contribution >= 0.6 is 11.6 Å². The van der Waals surface area contributed by atoms with Crippen molar-refractivity contribution < 1.29 is 13.2 Å². The first-order valence-corrected chi connectivity index (χ1v) is 10.2. The minimum absolute atomic E-state index is 0.0430. The molecule has 0 aliphatic carbocycles. The third-order valence-corrected chi connectivity index (χ3v) is 6.58. The van der Waals surface area contributed by atoms with E-state index < -0.39 is 9.84 Å². The van der Waals surface area contributed by atoms with Crippen molar-refractivity contribution in [2.24, 2.45) is 0 Å². The minimum atomic E-state index is -3.06. The molecule has 1 amide bonds. The molecule has 0 aromatic heterocycles. The fourth-order valence-corrected chi connectivity index (χ4v) is 4.74. The molecular weight excluding hydrogens is 336 g/mol. The Morgan fingerprint density at radius 3 is 2.70 bits per heavy atom. The topological polar surface area (TPSA) is 57.7 Å². The van der Waals surface area contributed by atoms with Crippen molar-refractivity contribution in [1.29, 1.82) is 0 Å². The first-order chi connectivity index (χ1) is 10.9. The molecule has 0 N–H and O–H groups in total. The molecule has 1 aromatic rings. The third-order valence-electron chi connectivity index (χ3n) is 4.75. The molecule has 5 nitrogen and oxygen atoms in total. The molecule has 2 saturated heterocycles. The van der Waals surface area contributed by atoms with Crippen molar-refractivity contribution in [3.63, 3.8) is 0 Å². The van der Waals surface area contributed by atoms with Gasteiger partial charge in [0, 0.05) is 30.1 Å². The molecule has 3 rings (SSSR count). The summed E-state index contributed by atoms with van der Waals surface area (Å²) in [5, 5.41) is 0.248. The van der Waals surface area contributed by atoms with Crippen LogP contribution in [0.5, 0.6) is 0 Å². The van der Waals surface area contributed by atoms with Crippen LogP contribution in [0, 0.1) is 0 Å². The Morgan fingerprint density at radius 2 is 2.00 bits per heavy atom. The van der Waals surface area contributed by atoms with E-state index in [0.29, 0.717) is 24.5 Å². The molecule has 0 spiro atoms. The average Bonchev–Trinajstić information content (AvgIpc) is 2.88. The number of piperidine rings is 1. The lowest BCUT2D eigenvalue weighted by Crippen LogP contribution is -2.49. The lowest BCUT2D eigenvalue weighted by Gasteiger charge is -2.35. The SMILES string of the molecule is CS(=O)(=O)C1CCCN(C2CCN(c3cccc(Cl)c3)C2=O)C1. The summed E-state index contributed by atoms with van der Waals surface area (Å²) in [6.45, 7) is 1.88. The van der Waals surface area contributed by atoms with Crippen molar-refractivity contribution in [3.8, 4) is 0 Å². The second-order valence-electron chi connectivity index (χ2n) is 6.36. The quantitative estimate of drug-likeness (QED) is 0.830. The average molecular weight is 357 g/mol. The Bertz CT molecular complexity index is 707. The summed E-state index contributed by atoms with van der Waals surface area (Å²) in [5.74, 6) is 0.0430. The van der Waals surface area contributed by atoms with Gasteiger partial charge in [-0.15, -0.1) is 0 Å². The van der Waals surface area contributed by atoms with E-state index in [4.69, 9.17) is 11.6 Å². The molecule has 0 bridgehead atoms. The van der Waals surface area contributed by atoms with E-state index in [-0.39, 0.29) is 17.2 Å². The van der Waals surface area contributed by atoms with Gasteiger partial charge in [-0.2, -0.15) is 0 Å². The van der Waals surface area contributed by atoms with Crippen LogP contribution in [0.25, 0.3) is 0 Å². The van der Waals surface area contributed by atoms with E-state index in [1.165, 1.54) is 6.26 Å². The van der Waals surface area contributed by atoms with Crippen LogP contribution in [-0.2, 0) is 14.6 Å². The summed E-state index contributed by atoms with van der Waals surface area (Å²) in [6, 6.07) is 7.06. The first kappa shape index (κ1) is 16.7. The molecule has 2 unspecified atom stereocenters. The number of carbonyl (C=O) groups is 1. The summed E-state index contributed by atoms with van der Waals surface area (Å²) >= 11 is 6.01. The fraction of sp³-hybridized carbons (Fsp3) is 0.562. The number of rotatable bonds is 3. The lowest BCUT2D eigenvalue weighted by molar-refractivity contribution is -0.121. The predicted octanol–water partition coefficient (Wildman–Crippen LogP) is 1.95. The summed E-state index contributed by atoms with van der Waals surface area (Å²) < 4.78 is 23.6. The highest BCUT2D eigenvalue weighted by Gasteiger charge is 2.40. The smallest absolute Gasteiger partial charge is 0.244 e. The molecule has 7 heteroatoms. The van der Waals surface area contributed by atoms with Crippen LogP contribution in [0.4, 0.5) is 5.69 Å². The normalized spacial score (nSPS) is 26.7. The summed E-state index contributed by atoms with van der Waals surface area (Å²) in [6.07, 6.45) is 3.52. The maximum Gasteiger partial charge on any atom is 0.244 e. The number of likely N-dealkylation sites (tertiary alicyclic amines) is 1. The van der Waals surface area contributed by atoms with E-state index in [1.807, 2.05) is 17.0 Å². The zero-order chi connectivity index (χ0) is 16.6. The Kier molecular flexibility index (Phi) is 4.67. The largest absolute Gasteiger partial charge is 0.311 e. The molecule has 0 saturated carbocycles. The van der Waals surface area contributed by atoms with Crippen molar-refractivity contribution in [2.75, 3.05) is 30.8 Å². The monoisotopic (exact) mass is 356 g/mol. The van der Waals surface area contributed by atoms with Crippen LogP contribution in [0.15, 0.2) is 24.3 Å². The van der Waals surface area contributed by atoms with Crippen molar-refractivity contribution in [1.82, 2.24) is 4.90 Å². The van der Waals surface area contributed by atoms with Gasteiger partial charge in [-0.05, 0) is 44.0 Å². The van der Waals surface area contributed by atoms with Gasteiger partial charge in [0.1, 0.15) is 0 Å². The Balaban J connectivity index is 1.74. The van der Waals surface area contributed by atoms with E-state index in [2.05, 4.69) is 0 Å². The molecular formula is C16H21ClN2O3S. The number of hydrogen-bond donors (Lipinski definition) is 0. The van der Waals surface area contributed by atoms with Gasteiger partial charge in [0.15, 0.2) is 9.84 Å². The number of amides is 1. The van der Waals surface area contributed by atoms with Gasteiger partial charge in [-0.3, -0.25) is 9.69 Å².